The van der Waals surface area contributed by atoms with E-state index < -0.39 is 0 Å². The minimum absolute atomic E-state index is 2.00. The third-order valence-electron chi connectivity index (χ3n) is 2.05. The second-order valence-corrected chi connectivity index (χ2v) is 3.00. The molecule has 5 heteroatoms. The molecule has 13 heavy (non-hydrogen) atoms. The van der Waals surface area contributed by atoms with Crippen molar-refractivity contribution < 1.29 is 9.19 Å². The molecule has 65 valence electrons. The fourth-order valence-electron chi connectivity index (χ4n) is 1.23. The van der Waals surface area contributed by atoms with E-state index in [1.807, 2.05) is 77.1 Å². The van der Waals surface area contributed by atoms with E-state index in [-0.39, 0.29) is 0 Å². The van der Waals surface area contributed by atoms with Gasteiger partial charge in [-0.3, -0.25) is 0 Å². The highest BCUT2D eigenvalue weighted by Gasteiger charge is 2.30. The zero-order valence-electron chi connectivity index (χ0n) is 7.83. The van der Waals surface area contributed by atoms with Gasteiger partial charge in [-0.05, 0) is 0 Å². The predicted molar refractivity (Wildman–Crippen MR) is 47.8 cm³/mol. The summed E-state index contributed by atoms with van der Waals surface area (Å²) in [5.74, 6) is 0. The van der Waals surface area contributed by atoms with Crippen LogP contribution in [0.5, 0.6) is 0 Å². The summed E-state index contributed by atoms with van der Waals surface area (Å²) in [6.45, 7) is 0. The van der Waals surface area contributed by atoms with Crippen LogP contribution in [0, 0.1) is 0 Å². The molecule has 2 aromatic rings. The highest BCUT2D eigenvalue weighted by Crippen LogP contribution is 1.75. The maximum Gasteiger partial charge on any atom is 1.04 e. The molecule has 0 N–H and O–H groups in total. The highest BCUT2D eigenvalue weighted by molar-refractivity contribution is 6.11. The van der Waals surface area contributed by atoms with Crippen LogP contribution in [-0.2, 0) is 14.1 Å². The lowest BCUT2D eigenvalue weighted by Gasteiger charge is -1.89. The summed E-state index contributed by atoms with van der Waals surface area (Å²) in [6, 6.07) is 4.00. The summed E-state index contributed by atoms with van der Waals surface area (Å²) in [7, 11) is 6.00. The van der Waals surface area contributed by atoms with Crippen molar-refractivity contribution in [2.75, 3.05) is 0 Å². The van der Waals surface area contributed by atoms with E-state index in [1.165, 1.54) is 0 Å². The Balaban J connectivity index is 2.24. The van der Waals surface area contributed by atoms with Crippen molar-refractivity contribution in [1.29, 1.82) is 0 Å². The third-order valence-corrected chi connectivity index (χ3v) is 2.05. The van der Waals surface area contributed by atoms with Crippen molar-refractivity contribution in [3.8, 4) is 0 Å². The summed E-state index contributed by atoms with van der Waals surface area (Å²) in [5, 5.41) is 0. The molecule has 2 heterocycles. The molecule has 2 rings (SSSR count). The van der Waals surface area contributed by atoms with Crippen LogP contribution in [0.15, 0.2) is 36.9 Å². The van der Waals surface area contributed by atoms with E-state index in [1.54, 1.807) is 0 Å². The van der Waals surface area contributed by atoms with Gasteiger partial charge in [-0.15, -0.1) is 9.19 Å². The second-order valence-electron chi connectivity index (χ2n) is 3.00. The molecule has 0 aliphatic rings. The summed E-state index contributed by atoms with van der Waals surface area (Å²) in [4.78, 5) is 0. The molecular weight excluding hydrogens is 163 g/mol. The second kappa shape index (κ2) is 3.09. The molecule has 1 radical (unpaired) electrons. The summed E-state index contributed by atoms with van der Waals surface area (Å²) in [6.07, 6.45) is 8.00. The van der Waals surface area contributed by atoms with E-state index >= 15 is 0 Å². The molecule has 4 nitrogen and oxygen atoms in total. The highest BCUT2D eigenvalue weighted by atomic mass is 15.4. The average molecular weight is 175 g/mol. The van der Waals surface area contributed by atoms with Crippen LogP contribution in [0.2, 0.25) is 0 Å². The lowest BCUT2D eigenvalue weighted by atomic mass is 10.2. The number of rotatable bonds is 2. The van der Waals surface area contributed by atoms with Crippen molar-refractivity contribution in [3.05, 3.63) is 36.9 Å². The van der Waals surface area contributed by atoms with Crippen LogP contribution in [0.3, 0.4) is 0 Å². The molecule has 0 amide bonds. The van der Waals surface area contributed by atoms with Gasteiger partial charge in [0, 0.05) is 12.1 Å². The quantitative estimate of drug-likeness (QED) is 0.514. The van der Waals surface area contributed by atoms with Crippen LogP contribution in [0.25, 0.3) is 0 Å². The van der Waals surface area contributed by atoms with Gasteiger partial charge in [0.1, 0.15) is 0 Å². The minimum atomic E-state index is 2.00. The lowest BCUT2D eigenvalue weighted by Crippen LogP contribution is -2.64. The number of nitrogens with zero attached hydrogens (tertiary/aromatic N) is 4. The largest absolute Gasteiger partial charge is 1.04 e. The molecule has 2 aromatic heterocycles. The molecular formula is C8H12BN4+2. The smallest absolute Gasteiger partial charge is 0.182 e. The number of hydrogen-bond donors (Lipinski definition) is 0. The molecule has 0 saturated carbocycles. The molecule has 0 atom stereocenters. The monoisotopic (exact) mass is 175 g/mol. The first-order chi connectivity index (χ1) is 6.27. The average Bonchev–Trinajstić information content (AvgIpc) is 2.65. The number of hydrogen-bond acceptors (Lipinski definition) is 0. The van der Waals surface area contributed by atoms with Crippen LogP contribution < -0.4 is 9.19 Å². The summed E-state index contributed by atoms with van der Waals surface area (Å²) < 4.78 is 8.00. The molecule has 0 aliphatic heterocycles. The van der Waals surface area contributed by atoms with Crippen molar-refractivity contribution in [2.45, 2.75) is 0 Å². The normalized spacial score (nSPS) is 10.3. The molecule has 0 aliphatic carbocycles. The van der Waals surface area contributed by atoms with Crippen LogP contribution in [0.1, 0.15) is 0 Å². The molecule has 0 saturated heterocycles. The SMILES string of the molecule is Cn1ccc[n+]1[B][n+]1cccn1C. The first kappa shape index (κ1) is 8.10. The van der Waals surface area contributed by atoms with Crippen LogP contribution in [0.4, 0.5) is 0 Å². The van der Waals surface area contributed by atoms with E-state index in [2.05, 4.69) is 0 Å². The van der Waals surface area contributed by atoms with E-state index in [9.17, 15) is 0 Å². The van der Waals surface area contributed by atoms with E-state index in [0.29, 0.717) is 0 Å². The van der Waals surface area contributed by atoms with Crippen molar-refractivity contribution in [3.63, 3.8) is 0 Å². The maximum absolute atomic E-state index is 2.00. The first-order valence-corrected chi connectivity index (χ1v) is 4.18. The molecule has 0 fully saturated rings. The number of aromatic nitrogens is 4. The Bertz CT molecular complexity index is 365. The van der Waals surface area contributed by atoms with Gasteiger partial charge >= 0.3 is 7.55 Å². The Morgan fingerprint density at radius 1 is 0.923 bits per heavy atom. The van der Waals surface area contributed by atoms with E-state index in [4.69, 9.17) is 0 Å². The Labute approximate surface area is 77.9 Å². The Morgan fingerprint density at radius 2 is 1.38 bits per heavy atom. The predicted octanol–water partition coefficient (Wildman–Crippen LogP) is -1.13. The van der Waals surface area contributed by atoms with Gasteiger partial charge in [0.25, 0.3) is 0 Å². The van der Waals surface area contributed by atoms with Crippen molar-refractivity contribution in [2.24, 2.45) is 14.1 Å². The van der Waals surface area contributed by atoms with Gasteiger partial charge in [-0.25, -0.2) is 0 Å². The van der Waals surface area contributed by atoms with E-state index in [0.717, 1.165) is 0 Å². The topological polar surface area (TPSA) is 17.6 Å². The Morgan fingerprint density at radius 3 is 1.69 bits per heavy atom. The van der Waals surface area contributed by atoms with Gasteiger partial charge < -0.3 is 0 Å². The van der Waals surface area contributed by atoms with Crippen molar-refractivity contribution in [1.82, 2.24) is 9.36 Å². The molecule has 0 unspecified atom stereocenters. The van der Waals surface area contributed by atoms with Gasteiger partial charge in [0.2, 0.25) is 0 Å². The van der Waals surface area contributed by atoms with Gasteiger partial charge in [-0.2, -0.15) is 9.36 Å². The molecule has 0 aromatic carbocycles. The van der Waals surface area contributed by atoms with Gasteiger partial charge in [-0.1, -0.05) is 0 Å². The summed E-state index contributed by atoms with van der Waals surface area (Å²) >= 11 is 0. The standard InChI is InChI=1S/C8H12BN4/c1-10-5-3-7-12(10)9-13-8-4-6-11(13)2/h3-8H,1-2H3/q+2. The minimum Gasteiger partial charge on any atom is -0.182 e. The zero-order valence-corrected chi connectivity index (χ0v) is 7.83. The Kier molecular flexibility index (Phi) is 1.92. The first-order valence-electron chi connectivity index (χ1n) is 4.18. The lowest BCUT2D eigenvalue weighted by molar-refractivity contribution is -0.743. The number of aryl methyl sites for hydroxylation is 2. The fraction of sp³-hybridized carbons (Fsp3) is 0.250. The summed E-state index contributed by atoms with van der Waals surface area (Å²) in [5.41, 5.74) is 0. The van der Waals surface area contributed by atoms with Crippen LogP contribution in [-0.4, -0.2) is 16.9 Å². The molecule has 0 bridgehead atoms. The third kappa shape index (κ3) is 1.49. The maximum atomic E-state index is 2.00. The van der Waals surface area contributed by atoms with Crippen molar-refractivity contribution >= 4 is 7.55 Å². The fourth-order valence-corrected chi connectivity index (χ4v) is 1.23. The zero-order chi connectivity index (χ0) is 9.26. The van der Waals surface area contributed by atoms with Gasteiger partial charge in [0.05, 0.1) is 26.5 Å². The Hall–Kier alpha value is -1.52. The van der Waals surface area contributed by atoms with Gasteiger partial charge in [0.15, 0.2) is 12.4 Å². The van der Waals surface area contributed by atoms with Crippen LogP contribution >= 0.6 is 0 Å². The molecule has 0 spiro atoms.